The molecule has 0 radical (unpaired) electrons. The fraction of sp³-hybridized carbons (Fsp3) is 0.615. The van der Waals surface area contributed by atoms with E-state index in [4.69, 9.17) is 4.74 Å². The monoisotopic (exact) mass is 222 g/mol. The highest BCUT2D eigenvalue weighted by Gasteiger charge is 2.19. The van der Waals surface area contributed by atoms with Crippen LogP contribution in [0.1, 0.15) is 32.8 Å². The van der Waals surface area contributed by atoms with Crippen molar-refractivity contribution >= 4 is 5.69 Å². The van der Waals surface area contributed by atoms with Crippen LogP contribution >= 0.6 is 0 Å². The van der Waals surface area contributed by atoms with Crippen LogP contribution in [0.5, 0.6) is 0 Å². The molecule has 0 aliphatic rings. The van der Waals surface area contributed by atoms with Gasteiger partial charge in [-0.15, -0.1) is 0 Å². The Labute approximate surface area is 98.2 Å². The highest BCUT2D eigenvalue weighted by atomic mass is 16.5. The summed E-state index contributed by atoms with van der Waals surface area (Å²) < 4.78 is 5.41. The third-order valence-corrected chi connectivity index (χ3v) is 2.64. The van der Waals surface area contributed by atoms with E-state index in [-0.39, 0.29) is 5.60 Å². The molecule has 16 heavy (non-hydrogen) atoms. The SMILES string of the molecule is COC(C)(C)CC(C)Nc1cncc(C)c1. The average molecular weight is 222 g/mol. The number of aryl methyl sites for hydroxylation is 1. The Kier molecular flexibility index (Phi) is 4.30. The number of nitrogens with zero attached hydrogens (tertiary/aromatic N) is 1. The summed E-state index contributed by atoms with van der Waals surface area (Å²) in [5.74, 6) is 0. The number of rotatable bonds is 5. The summed E-state index contributed by atoms with van der Waals surface area (Å²) in [5, 5.41) is 3.43. The zero-order valence-corrected chi connectivity index (χ0v) is 10.9. The molecule has 1 N–H and O–H groups in total. The number of nitrogens with one attached hydrogen (secondary N) is 1. The van der Waals surface area contributed by atoms with Crippen LogP contribution in [-0.4, -0.2) is 23.7 Å². The minimum Gasteiger partial charge on any atom is -0.381 e. The number of aromatic nitrogens is 1. The van der Waals surface area contributed by atoms with Crippen molar-refractivity contribution in [2.24, 2.45) is 0 Å². The summed E-state index contributed by atoms with van der Waals surface area (Å²) in [6, 6.07) is 2.46. The molecule has 0 spiro atoms. The van der Waals surface area contributed by atoms with Crippen molar-refractivity contribution in [2.45, 2.75) is 45.8 Å². The van der Waals surface area contributed by atoms with Gasteiger partial charge < -0.3 is 10.1 Å². The third kappa shape index (κ3) is 4.19. The van der Waals surface area contributed by atoms with Crippen LogP contribution in [0, 0.1) is 6.92 Å². The van der Waals surface area contributed by atoms with Gasteiger partial charge in [0.05, 0.1) is 11.3 Å². The number of anilines is 1. The van der Waals surface area contributed by atoms with Gasteiger partial charge in [-0.05, 0) is 45.7 Å². The van der Waals surface area contributed by atoms with Gasteiger partial charge in [-0.25, -0.2) is 0 Å². The second kappa shape index (κ2) is 5.30. The van der Waals surface area contributed by atoms with Crippen LogP contribution < -0.4 is 5.32 Å². The van der Waals surface area contributed by atoms with Gasteiger partial charge in [0.2, 0.25) is 0 Å². The molecule has 1 atom stereocenters. The van der Waals surface area contributed by atoms with Crippen LogP contribution in [0.4, 0.5) is 5.69 Å². The number of methoxy groups -OCH3 is 1. The third-order valence-electron chi connectivity index (χ3n) is 2.64. The maximum Gasteiger partial charge on any atom is 0.0642 e. The zero-order valence-electron chi connectivity index (χ0n) is 10.9. The lowest BCUT2D eigenvalue weighted by Crippen LogP contribution is -2.31. The minimum absolute atomic E-state index is 0.0936. The van der Waals surface area contributed by atoms with Gasteiger partial charge in [-0.2, -0.15) is 0 Å². The van der Waals surface area contributed by atoms with Gasteiger partial charge in [0.1, 0.15) is 0 Å². The molecule has 1 rings (SSSR count). The van der Waals surface area contributed by atoms with Crippen molar-refractivity contribution in [3.05, 3.63) is 24.0 Å². The molecule has 1 aromatic heterocycles. The Bertz CT molecular complexity index is 336. The summed E-state index contributed by atoms with van der Waals surface area (Å²) in [6.07, 6.45) is 4.66. The number of hydrogen-bond donors (Lipinski definition) is 1. The highest BCUT2D eigenvalue weighted by molar-refractivity contribution is 5.43. The molecule has 0 bridgehead atoms. The molecule has 0 saturated heterocycles. The largest absolute Gasteiger partial charge is 0.381 e. The molecular weight excluding hydrogens is 200 g/mol. The molecular formula is C13H22N2O. The van der Waals surface area contributed by atoms with E-state index in [1.807, 2.05) is 19.3 Å². The molecule has 0 aliphatic heterocycles. The molecule has 0 fully saturated rings. The molecule has 0 saturated carbocycles. The maximum atomic E-state index is 5.41. The van der Waals surface area contributed by atoms with Crippen molar-refractivity contribution in [2.75, 3.05) is 12.4 Å². The van der Waals surface area contributed by atoms with Gasteiger partial charge in [-0.3, -0.25) is 4.98 Å². The normalized spacial score (nSPS) is 13.6. The van der Waals surface area contributed by atoms with Crippen LogP contribution in [0.2, 0.25) is 0 Å². The lowest BCUT2D eigenvalue weighted by atomic mass is 10.00. The Hall–Kier alpha value is -1.09. The van der Waals surface area contributed by atoms with E-state index < -0.39 is 0 Å². The van der Waals surface area contributed by atoms with Crippen molar-refractivity contribution in [1.82, 2.24) is 4.98 Å². The zero-order chi connectivity index (χ0) is 12.2. The van der Waals surface area contributed by atoms with Gasteiger partial charge >= 0.3 is 0 Å². The first kappa shape index (κ1) is 13.0. The molecule has 3 heteroatoms. The lowest BCUT2D eigenvalue weighted by Gasteiger charge is -2.27. The standard InChI is InChI=1S/C13H22N2O/c1-10-6-12(9-14-8-10)15-11(2)7-13(3,4)16-5/h6,8-9,11,15H,7H2,1-5H3. The van der Waals surface area contributed by atoms with Crippen LogP contribution in [0.3, 0.4) is 0 Å². The first-order valence-corrected chi connectivity index (χ1v) is 5.66. The summed E-state index contributed by atoms with van der Waals surface area (Å²) in [5.41, 5.74) is 2.14. The molecule has 1 unspecified atom stereocenters. The minimum atomic E-state index is -0.0936. The van der Waals surface area contributed by atoms with Crippen LogP contribution in [0.15, 0.2) is 18.5 Å². The van der Waals surface area contributed by atoms with E-state index in [2.05, 4.69) is 37.1 Å². The quantitative estimate of drug-likeness (QED) is 0.831. The van der Waals surface area contributed by atoms with Gasteiger partial charge in [0.15, 0.2) is 0 Å². The summed E-state index contributed by atoms with van der Waals surface area (Å²) in [7, 11) is 1.75. The van der Waals surface area contributed by atoms with E-state index in [1.165, 1.54) is 5.56 Å². The predicted molar refractivity (Wildman–Crippen MR) is 67.8 cm³/mol. The molecule has 0 aliphatic carbocycles. The van der Waals surface area contributed by atoms with Gasteiger partial charge in [0.25, 0.3) is 0 Å². The van der Waals surface area contributed by atoms with Crippen molar-refractivity contribution < 1.29 is 4.74 Å². The van der Waals surface area contributed by atoms with Crippen molar-refractivity contribution in [3.63, 3.8) is 0 Å². The van der Waals surface area contributed by atoms with E-state index >= 15 is 0 Å². The number of pyridine rings is 1. The van der Waals surface area contributed by atoms with Gasteiger partial charge in [-0.1, -0.05) is 0 Å². The Morgan fingerprint density at radius 2 is 2.12 bits per heavy atom. The summed E-state index contributed by atoms with van der Waals surface area (Å²) in [4.78, 5) is 4.16. The Balaban J connectivity index is 2.55. The topological polar surface area (TPSA) is 34.1 Å². The summed E-state index contributed by atoms with van der Waals surface area (Å²) in [6.45, 7) is 8.39. The smallest absolute Gasteiger partial charge is 0.0642 e. The highest BCUT2D eigenvalue weighted by Crippen LogP contribution is 2.18. The van der Waals surface area contributed by atoms with Crippen LogP contribution in [0.25, 0.3) is 0 Å². The first-order chi connectivity index (χ1) is 7.43. The Morgan fingerprint density at radius 1 is 1.44 bits per heavy atom. The molecule has 3 nitrogen and oxygen atoms in total. The van der Waals surface area contributed by atoms with E-state index in [9.17, 15) is 0 Å². The molecule has 1 heterocycles. The first-order valence-electron chi connectivity index (χ1n) is 5.66. The molecule has 0 aromatic carbocycles. The molecule has 0 amide bonds. The average Bonchev–Trinajstić information content (AvgIpc) is 2.16. The number of ether oxygens (including phenoxy) is 1. The maximum absolute atomic E-state index is 5.41. The van der Waals surface area contributed by atoms with Crippen molar-refractivity contribution in [1.29, 1.82) is 0 Å². The fourth-order valence-electron chi connectivity index (χ4n) is 1.79. The van der Waals surface area contributed by atoms with Crippen molar-refractivity contribution in [3.8, 4) is 0 Å². The second-order valence-electron chi connectivity index (χ2n) is 4.96. The van der Waals surface area contributed by atoms with Gasteiger partial charge in [0, 0.05) is 25.5 Å². The second-order valence-corrected chi connectivity index (χ2v) is 4.96. The molecule has 1 aromatic rings. The van der Waals surface area contributed by atoms with E-state index in [1.54, 1.807) is 7.11 Å². The molecule has 90 valence electrons. The van der Waals surface area contributed by atoms with Crippen LogP contribution in [-0.2, 0) is 4.74 Å². The lowest BCUT2D eigenvalue weighted by molar-refractivity contribution is 0.0128. The Morgan fingerprint density at radius 3 is 2.69 bits per heavy atom. The summed E-state index contributed by atoms with van der Waals surface area (Å²) >= 11 is 0. The van der Waals surface area contributed by atoms with E-state index in [0.29, 0.717) is 6.04 Å². The number of hydrogen-bond acceptors (Lipinski definition) is 3. The fourth-order valence-corrected chi connectivity index (χ4v) is 1.79. The van der Waals surface area contributed by atoms with E-state index in [0.717, 1.165) is 12.1 Å². The predicted octanol–water partition coefficient (Wildman–Crippen LogP) is 3.01.